The Kier molecular flexibility index (Phi) is 10.1. The molecule has 0 atom stereocenters. The molecule has 352 valence electrons. The SMILES string of the molecule is CC(C)(C)c1ccc(-c2nc3cc4c(cc3s2)N(c2cccc(C(C)(C)C)c2)c2cc(-n3c5ccccc5c5ccccc53)cc3c2B4c2cc(C(C)(C)C)ccc2N3c2ccc(C(C)(C)C)cc2)cc1. The van der Waals surface area contributed by atoms with Crippen molar-refractivity contribution in [3.63, 3.8) is 0 Å². The average molecular weight is 943 g/mol. The highest BCUT2D eigenvalue weighted by molar-refractivity contribution is 7.21. The maximum atomic E-state index is 5.49. The molecule has 0 unspecified atom stereocenters. The first kappa shape index (κ1) is 45.3. The van der Waals surface area contributed by atoms with E-state index in [1.807, 2.05) is 0 Å². The molecule has 0 fully saturated rings. The maximum absolute atomic E-state index is 5.49. The minimum absolute atomic E-state index is 0.0171. The monoisotopic (exact) mass is 942 g/mol. The van der Waals surface area contributed by atoms with E-state index >= 15 is 0 Å². The van der Waals surface area contributed by atoms with Crippen LogP contribution in [-0.4, -0.2) is 16.3 Å². The average Bonchev–Trinajstić information content (AvgIpc) is 3.91. The van der Waals surface area contributed by atoms with Crippen LogP contribution in [0.3, 0.4) is 0 Å². The van der Waals surface area contributed by atoms with Crippen LogP contribution < -0.4 is 26.2 Å². The smallest absolute Gasteiger partial charge is 0.252 e. The maximum Gasteiger partial charge on any atom is 0.252 e. The number of anilines is 6. The fourth-order valence-electron chi connectivity index (χ4n) is 11.2. The largest absolute Gasteiger partial charge is 0.311 e. The van der Waals surface area contributed by atoms with E-state index in [-0.39, 0.29) is 28.4 Å². The van der Waals surface area contributed by atoms with Gasteiger partial charge in [-0.25, -0.2) is 4.98 Å². The first-order valence-corrected chi connectivity index (χ1v) is 26.2. The van der Waals surface area contributed by atoms with Crippen molar-refractivity contribution < 1.29 is 0 Å². The van der Waals surface area contributed by atoms with Gasteiger partial charge >= 0.3 is 0 Å². The van der Waals surface area contributed by atoms with E-state index in [9.17, 15) is 0 Å². The fraction of sp³-hybridized carbons (Fsp3) is 0.246. The summed E-state index contributed by atoms with van der Waals surface area (Å²) in [5.74, 6) is 0. The second kappa shape index (κ2) is 15.8. The zero-order valence-electron chi connectivity index (χ0n) is 43.4. The first-order valence-electron chi connectivity index (χ1n) is 25.4. The molecule has 0 bridgehead atoms. The zero-order chi connectivity index (χ0) is 49.5. The Bertz CT molecular complexity index is 3700. The highest BCUT2D eigenvalue weighted by Crippen LogP contribution is 2.48. The molecule has 8 aromatic carbocycles. The molecule has 2 aromatic heterocycles. The molecule has 0 saturated heterocycles. The Morgan fingerprint density at radius 2 is 0.930 bits per heavy atom. The van der Waals surface area contributed by atoms with Crippen LogP contribution in [0.1, 0.15) is 105 Å². The highest BCUT2D eigenvalue weighted by atomic mass is 32.1. The lowest BCUT2D eigenvalue weighted by molar-refractivity contribution is 0.590. The van der Waals surface area contributed by atoms with Crippen LogP contribution in [0.4, 0.5) is 34.1 Å². The van der Waals surface area contributed by atoms with Gasteiger partial charge in [0.25, 0.3) is 6.71 Å². The molecule has 0 spiro atoms. The van der Waals surface area contributed by atoms with E-state index in [2.05, 4.69) is 261 Å². The second-order valence-electron chi connectivity index (χ2n) is 24.2. The number of hydrogen-bond donors (Lipinski definition) is 0. The van der Waals surface area contributed by atoms with Crippen LogP contribution in [0.2, 0.25) is 0 Å². The van der Waals surface area contributed by atoms with Crippen molar-refractivity contribution in [3.8, 4) is 16.3 Å². The summed E-state index contributed by atoms with van der Waals surface area (Å²) in [7, 11) is 0. The quantitative estimate of drug-likeness (QED) is 0.164. The number of benzene rings is 8. The fourth-order valence-corrected chi connectivity index (χ4v) is 12.2. The summed E-state index contributed by atoms with van der Waals surface area (Å²) in [6.45, 7) is 27.6. The second-order valence-corrected chi connectivity index (χ2v) is 25.2. The number of para-hydroxylation sites is 2. The standard InChI is InChI=1S/C65H63BN4S/c1-62(2,3)41-26-24-40(25-27-41)61-67-52-38-51-56(39-59(52)71-61)69(46-19-17-18-43(34-46)64(7,8)9)58-37-47(70-53-22-15-13-20-48(53)49-21-14-16-23-54(49)70)36-57-60(58)66(51)50-35-44(65(10,11)12)30-33-55(50)68(57)45-31-28-42(29-32-45)63(4,5)6/h13-39H,1-12H3. The van der Waals surface area contributed by atoms with E-state index in [0.717, 1.165) is 33.1 Å². The normalized spacial score (nSPS) is 13.8. The predicted molar refractivity (Wildman–Crippen MR) is 308 cm³/mol. The molecule has 4 nitrogen and oxygen atoms in total. The van der Waals surface area contributed by atoms with E-state index < -0.39 is 0 Å². The third-order valence-corrected chi connectivity index (χ3v) is 16.3. The molecule has 0 aliphatic carbocycles. The summed E-state index contributed by atoms with van der Waals surface area (Å²) in [5.41, 5.74) is 21.9. The number of rotatable bonds is 4. The predicted octanol–water partition coefficient (Wildman–Crippen LogP) is 16.3. The van der Waals surface area contributed by atoms with Gasteiger partial charge in [0, 0.05) is 50.5 Å². The lowest BCUT2D eigenvalue weighted by Gasteiger charge is -2.45. The first-order chi connectivity index (χ1) is 33.7. The van der Waals surface area contributed by atoms with Gasteiger partial charge in [-0.15, -0.1) is 11.3 Å². The van der Waals surface area contributed by atoms with Crippen LogP contribution in [0.15, 0.2) is 164 Å². The molecule has 12 rings (SSSR count). The molecular formula is C65H63BN4S. The molecule has 2 aliphatic rings. The van der Waals surface area contributed by atoms with Crippen LogP contribution in [0.5, 0.6) is 0 Å². The van der Waals surface area contributed by atoms with Gasteiger partial charge in [0.1, 0.15) is 5.01 Å². The molecule has 0 N–H and O–H groups in total. The topological polar surface area (TPSA) is 24.3 Å². The molecule has 6 heteroatoms. The van der Waals surface area contributed by atoms with Gasteiger partial charge < -0.3 is 14.4 Å². The van der Waals surface area contributed by atoms with Gasteiger partial charge in [-0.1, -0.05) is 180 Å². The van der Waals surface area contributed by atoms with Crippen molar-refractivity contribution >= 4 is 101 Å². The Morgan fingerprint density at radius 3 is 1.52 bits per heavy atom. The number of fused-ring (bicyclic) bond motifs is 8. The Balaban J connectivity index is 1.21. The molecule has 0 saturated carbocycles. The lowest BCUT2D eigenvalue weighted by Crippen LogP contribution is -2.61. The molecule has 10 aromatic rings. The number of nitrogens with zero attached hydrogens (tertiary/aromatic N) is 4. The van der Waals surface area contributed by atoms with Crippen LogP contribution in [0.25, 0.3) is 48.3 Å². The number of aromatic nitrogens is 2. The Labute approximate surface area is 424 Å². The van der Waals surface area contributed by atoms with Gasteiger partial charge in [0.15, 0.2) is 0 Å². The molecule has 0 radical (unpaired) electrons. The minimum Gasteiger partial charge on any atom is -0.311 e. The van der Waals surface area contributed by atoms with E-state index in [1.165, 1.54) is 87.9 Å². The summed E-state index contributed by atoms with van der Waals surface area (Å²) in [5, 5.41) is 3.54. The van der Waals surface area contributed by atoms with E-state index in [1.54, 1.807) is 11.3 Å². The summed E-state index contributed by atoms with van der Waals surface area (Å²) < 4.78 is 3.68. The Hall–Kier alpha value is -6.89. The lowest BCUT2D eigenvalue weighted by atomic mass is 9.33. The summed E-state index contributed by atoms with van der Waals surface area (Å²) in [6, 6.07) is 62.7. The number of thiazole rings is 1. The van der Waals surface area contributed by atoms with Crippen molar-refractivity contribution in [1.82, 2.24) is 9.55 Å². The summed E-state index contributed by atoms with van der Waals surface area (Å²) in [4.78, 5) is 10.6. The molecular weight excluding hydrogens is 880 g/mol. The highest BCUT2D eigenvalue weighted by Gasteiger charge is 2.45. The Morgan fingerprint density at radius 1 is 0.408 bits per heavy atom. The van der Waals surface area contributed by atoms with Gasteiger partial charge in [0.2, 0.25) is 0 Å². The summed E-state index contributed by atoms with van der Waals surface area (Å²) in [6.07, 6.45) is 0. The van der Waals surface area contributed by atoms with E-state index in [0.29, 0.717) is 0 Å². The van der Waals surface area contributed by atoms with E-state index in [4.69, 9.17) is 4.98 Å². The van der Waals surface area contributed by atoms with Gasteiger partial charge in [0.05, 0.1) is 26.9 Å². The minimum atomic E-state index is -0.0766. The third kappa shape index (κ3) is 7.43. The van der Waals surface area contributed by atoms with Crippen molar-refractivity contribution in [2.45, 2.75) is 105 Å². The van der Waals surface area contributed by atoms with Gasteiger partial charge in [-0.3, -0.25) is 0 Å². The molecule has 0 amide bonds. The van der Waals surface area contributed by atoms with Gasteiger partial charge in [-0.2, -0.15) is 0 Å². The zero-order valence-corrected chi connectivity index (χ0v) is 44.2. The third-order valence-electron chi connectivity index (χ3n) is 15.2. The van der Waals surface area contributed by atoms with Gasteiger partial charge in [-0.05, 0) is 127 Å². The van der Waals surface area contributed by atoms with Crippen molar-refractivity contribution in [2.75, 3.05) is 9.80 Å². The molecule has 71 heavy (non-hydrogen) atoms. The number of hydrogen-bond acceptors (Lipinski definition) is 4. The van der Waals surface area contributed by atoms with Crippen molar-refractivity contribution in [2.24, 2.45) is 0 Å². The van der Waals surface area contributed by atoms with Crippen LogP contribution in [-0.2, 0) is 21.7 Å². The van der Waals surface area contributed by atoms with Crippen molar-refractivity contribution in [1.29, 1.82) is 0 Å². The van der Waals surface area contributed by atoms with Crippen molar-refractivity contribution in [3.05, 3.63) is 186 Å². The summed E-state index contributed by atoms with van der Waals surface area (Å²) >= 11 is 1.79. The molecule has 4 heterocycles. The van der Waals surface area contributed by atoms with Crippen LogP contribution in [0, 0.1) is 0 Å². The molecule has 2 aliphatic heterocycles. The van der Waals surface area contributed by atoms with Crippen LogP contribution >= 0.6 is 11.3 Å².